The summed E-state index contributed by atoms with van der Waals surface area (Å²) in [7, 11) is 0. The van der Waals surface area contributed by atoms with E-state index in [0.29, 0.717) is 5.56 Å². The first-order valence-corrected chi connectivity index (χ1v) is 7.01. The molecule has 0 saturated heterocycles. The van der Waals surface area contributed by atoms with Gasteiger partial charge in [-0.2, -0.15) is 13.2 Å². The van der Waals surface area contributed by atoms with Gasteiger partial charge in [0.2, 0.25) is 0 Å². The summed E-state index contributed by atoms with van der Waals surface area (Å²) in [5.41, 5.74) is 6.08. The Bertz CT molecular complexity index is 550. The summed E-state index contributed by atoms with van der Waals surface area (Å²) in [4.78, 5) is 0. The zero-order valence-corrected chi connectivity index (χ0v) is 12.0. The summed E-state index contributed by atoms with van der Waals surface area (Å²) in [6.45, 7) is 0. The quantitative estimate of drug-likeness (QED) is 0.764. The lowest BCUT2D eigenvalue weighted by Gasteiger charge is -2.17. The van der Waals surface area contributed by atoms with Crippen LogP contribution in [-0.4, -0.2) is 0 Å². The minimum absolute atomic E-state index is 0.110. The molecule has 0 fully saturated rings. The minimum atomic E-state index is -4.38. The Hall–Kier alpha value is -0.600. The van der Waals surface area contributed by atoms with Gasteiger partial charge < -0.3 is 5.73 Å². The van der Waals surface area contributed by atoms with Gasteiger partial charge in [0.1, 0.15) is 0 Å². The molecule has 0 saturated carbocycles. The van der Waals surface area contributed by atoms with Gasteiger partial charge >= 0.3 is 6.18 Å². The molecule has 1 aromatic heterocycles. The molecule has 0 aliphatic rings. The molecule has 96 valence electrons. The van der Waals surface area contributed by atoms with E-state index < -0.39 is 17.8 Å². The van der Waals surface area contributed by atoms with Gasteiger partial charge in [-0.05, 0) is 51.2 Å². The molecule has 0 spiro atoms. The van der Waals surface area contributed by atoms with Crippen molar-refractivity contribution >= 4 is 33.9 Å². The molecule has 1 unspecified atom stereocenters. The van der Waals surface area contributed by atoms with Crippen molar-refractivity contribution in [3.63, 3.8) is 0 Å². The molecule has 0 radical (unpaired) electrons. The molecule has 2 aromatic rings. The van der Waals surface area contributed by atoms with Crippen LogP contribution in [0.1, 0.15) is 22.7 Å². The van der Waals surface area contributed by atoms with Gasteiger partial charge in [0.25, 0.3) is 0 Å². The highest BCUT2D eigenvalue weighted by Gasteiger charge is 2.34. The van der Waals surface area contributed by atoms with Crippen LogP contribution in [0.4, 0.5) is 13.2 Å². The first kappa shape index (κ1) is 13.8. The predicted molar refractivity (Wildman–Crippen MR) is 74.5 cm³/mol. The lowest BCUT2D eigenvalue weighted by molar-refractivity contribution is -0.138. The molecule has 2 rings (SSSR count). The van der Waals surface area contributed by atoms with E-state index in [9.17, 15) is 13.2 Å². The fourth-order valence-electron chi connectivity index (χ4n) is 1.69. The Morgan fingerprint density at radius 3 is 2.44 bits per heavy atom. The maximum absolute atomic E-state index is 12.9. The molecule has 6 heteroatoms. The zero-order valence-electron chi connectivity index (χ0n) is 9.04. The van der Waals surface area contributed by atoms with E-state index in [2.05, 4.69) is 22.6 Å². The topological polar surface area (TPSA) is 26.0 Å². The van der Waals surface area contributed by atoms with Crippen LogP contribution in [0.25, 0.3) is 0 Å². The van der Waals surface area contributed by atoms with Crippen LogP contribution in [-0.2, 0) is 6.18 Å². The van der Waals surface area contributed by atoms with Gasteiger partial charge in [-0.25, -0.2) is 0 Å². The maximum Gasteiger partial charge on any atom is 0.416 e. The van der Waals surface area contributed by atoms with Crippen LogP contribution in [0, 0.1) is 2.88 Å². The van der Waals surface area contributed by atoms with E-state index in [0.717, 1.165) is 8.95 Å². The Balaban J connectivity index is 2.45. The summed E-state index contributed by atoms with van der Waals surface area (Å²) >= 11 is 3.59. The van der Waals surface area contributed by atoms with Gasteiger partial charge in [-0.15, -0.1) is 11.3 Å². The van der Waals surface area contributed by atoms with Crippen molar-refractivity contribution in [2.45, 2.75) is 12.2 Å². The molecule has 0 bridgehead atoms. The fourth-order valence-corrected chi connectivity index (χ4v) is 3.10. The van der Waals surface area contributed by atoms with Crippen LogP contribution >= 0.6 is 33.9 Å². The first-order valence-electron chi connectivity index (χ1n) is 5.05. The van der Waals surface area contributed by atoms with Crippen molar-refractivity contribution in [1.29, 1.82) is 0 Å². The number of rotatable bonds is 2. The van der Waals surface area contributed by atoms with E-state index in [1.807, 2.05) is 6.07 Å². The Labute approximate surface area is 120 Å². The Kier molecular flexibility index (Phi) is 3.98. The Morgan fingerprint density at radius 1 is 1.22 bits per heavy atom. The molecular formula is C12H9F3INS. The smallest absolute Gasteiger partial charge is 0.320 e. The monoisotopic (exact) mass is 383 g/mol. The van der Waals surface area contributed by atoms with Crippen molar-refractivity contribution in [1.82, 2.24) is 0 Å². The van der Waals surface area contributed by atoms with Crippen molar-refractivity contribution in [2.75, 3.05) is 0 Å². The number of alkyl halides is 3. The van der Waals surface area contributed by atoms with Gasteiger partial charge in [0.05, 0.1) is 14.5 Å². The van der Waals surface area contributed by atoms with E-state index >= 15 is 0 Å². The molecule has 0 aliphatic heterocycles. The van der Waals surface area contributed by atoms with E-state index in [4.69, 9.17) is 5.73 Å². The molecule has 2 N–H and O–H groups in total. The van der Waals surface area contributed by atoms with Crippen molar-refractivity contribution in [3.05, 3.63) is 55.3 Å². The SMILES string of the molecule is NC(c1csc(I)c1)c1ccccc1C(F)(F)F. The van der Waals surface area contributed by atoms with Crippen LogP contribution in [0.15, 0.2) is 35.7 Å². The molecular weight excluding hydrogens is 374 g/mol. The van der Waals surface area contributed by atoms with Gasteiger partial charge in [0, 0.05) is 0 Å². The molecule has 1 nitrogen and oxygen atoms in total. The number of hydrogen-bond acceptors (Lipinski definition) is 2. The lowest BCUT2D eigenvalue weighted by atomic mass is 9.97. The average Bonchev–Trinajstić information content (AvgIpc) is 2.74. The van der Waals surface area contributed by atoms with Crippen molar-refractivity contribution in [2.24, 2.45) is 5.73 Å². The second-order valence-corrected chi connectivity index (χ2v) is 6.55. The molecule has 0 aliphatic carbocycles. The third-order valence-electron chi connectivity index (χ3n) is 2.55. The number of benzene rings is 1. The zero-order chi connectivity index (χ0) is 13.3. The first-order chi connectivity index (χ1) is 8.39. The number of hydrogen-bond donors (Lipinski definition) is 1. The van der Waals surface area contributed by atoms with Crippen LogP contribution in [0.5, 0.6) is 0 Å². The van der Waals surface area contributed by atoms with E-state index in [-0.39, 0.29) is 5.56 Å². The van der Waals surface area contributed by atoms with E-state index in [1.165, 1.54) is 23.5 Å². The highest BCUT2D eigenvalue weighted by Crippen LogP contribution is 2.36. The molecule has 1 heterocycles. The summed E-state index contributed by atoms with van der Waals surface area (Å²) in [6.07, 6.45) is -4.38. The minimum Gasteiger partial charge on any atom is -0.320 e. The van der Waals surface area contributed by atoms with Gasteiger partial charge in [0.15, 0.2) is 0 Å². The number of thiophene rings is 1. The fraction of sp³-hybridized carbons (Fsp3) is 0.167. The van der Waals surface area contributed by atoms with E-state index in [1.54, 1.807) is 11.4 Å². The van der Waals surface area contributed by atoms with Crippen molar-refractivity contribution in [3.8, 4) is 0 Å². The normalized spacial score (nSPS) is 13.6. The number of nitrogens with two attached hydrogens (primary N) is 1. The number of halogens is 4. The molecule has 1 aromatic carbocycles. The van der Waals surface area contributed by atoms with Crippen molar-refractivity contribution < 1.29 is 13.2 Å². The standard InChI is InChI=1S/C12H9F3INS/c13-12(14,15)9-4-2-1-3-8(9)11(17)7-5-10(16)18-6-7/h1-6,11H,17H2. The van der Waals surface area contributed by atoms with Gasteiger partial charge in [-0.3, -0.25) is 0 Å². The lowest BCUT2D eigenvalue weighted by Crippen LogP contribution is -2.17. The highest BCUT2D eigenvalue weighted by atomic mass is 127. The Morgan fingerprint density at radius 2 is 1.89 bits per heavy atom. The second kappa shape index (κ2) is 5.18. The molecule has 1 atom stereocenters. The average molecular weight is 383 g/mol. The summed E-state index contributed by atoms with van der Waals surface area (Å²) < 4.78 is 39.6. The molecule has 0 amide bonds. The predicted octanol–water partition coefficient (Wildman–Crippen LogP) is 4.42. The summed E-state index contributed by atoms with van der Waals surface area (Å²) in [5.74, 6) is 0. The molecule has 18 heavy (non-hydrogen) atoms. The largest absolute Gasteiger partial charge is 0.416 e. The third-order valence-corrected chi connectivity index (χ3v) is 4.36. The van der Waals surface area contributed by atoms with Crippen LogP contribution in [0.3, 0.4) is 0 Å². The summed E-state index contributed by atoms with van der Waals surface area (Å²) in [6, 6.07) is 6.49. The maximum atomic E-state index is 12.9. The van der Waals surface area contributed by atoms with Gasteiger partial charge in [-0.1, -0.05) is 18.2 Å². The second-order valence-electron chi connectivity index (χ2n) is 3.75. The van der Waals surface area contributed by atoms with Crippen LogP contribution < -0.4 is 5.73 Å². The summed E-state index contributed by atoms with van der Waals surface area (Å²) in [5, 5.41) is 1.79. The third kappa shape index (κ3) is 2.86. The highest BCUT2D eigenvalue weighted by molar-refractivity contribution is 14.1. The van der Waals surface area contributed by atoms with Crippen LogP contribution in [0.2, 0.25) is 0 Å².